The van der Waals surface area contributed by atoms with Gasteiger partial charge in [0.15, 0.2) is 0 Å². The topological polar surface area (TPSA) is 32.3 Å². The summed E-state index contributed by atoms with van der Waals surface area (Å²) in [6.07, 6.45) is 2.17. The Morgan fingerprint density at radius 1 is 0.905 bits per heavy atom. The second-order valence-electron chi connectivity index (χ2n) is 5.99. The molecule has 3 atom stereocenters. The van der Waals surface area contributed by atoms with Crippen LogP contribution in [0.15, 0.2) is 60.7 Å². The van der Waals surface area contributed by atoms with Crippen LogP contribution in [0.2, 0.25) is 0 Å². The van der Waals surface area contributed by atoms with Gasteiger partial charge < -0.3 is 10.4 Å². The van der Waals surface area contributed by atoms with Crippen LogP contribution in [0.5, 0.6) is 0 Å². The van der Waals surface area contributed by atoms with Crippen LogP contribution in [0, 0.1) is 5.92 Å². The van der Waals surface area contributed by atoms with Crippen LogP contribution in [0.4, 0.5) is 0 Å². The molecular formula is C19H23NO. The first-order valence-electron chi connectivity index (χ1n) is 7.80. The first kappa shape index (κ1) is 14.3. The average molecular weight is 281 g/mol. The van der Waals surface area contributed by atoms with Gasteiger partial charge in [0, 0.05) is 19.2 Å². The van der Waals surface area contributed by atoms with Crippen molar-refractivity contribution in [2.75, 3.05) is 6.61 Å². The minimum atomic E-state index is 0.281. The summed E-state index contributed by atoms with van der Waals surface area (Å²) in [6.45, 7) is 1.19. The van der Waals surface area contributed by atoms with E-state index in [4.69, 9.17) is 0 Å². The van der Waals surface area contributed by atoms with Crippen LogP contribution in [0.25, 0.3) is 0 Å². The lowest BCUT2D eigenvalue weighted by Crippen LogP contribution is -2.26. The normalized spacial score (nSPS) is 25.1. The highest BCUT2D eigenvalue weighted by atomic mass is 16.3. The van der Waals surface area contributed by atoms with E-state index in [1.54, 1.807) is 0 Å². The van der Waals surface area contributed by atoms with Crippen LogP contribution in [0.3, 0.4) is 0 Å². The van der Waals surface area contributed by atoms with Gasteiger partial charge in [-0.3, -0.25) is 0 Å². The maximum absolute atomic E-state index is 9.67. The van der Waals surface area contributed by atoms with Crippen molar-refractivity contribution in [2.45, 2.75) is 31.3 Å². The number of hydrogen-bond acceptors (Lipinski definition) is 2. The third-order valence-electron chi connectivity index (χ3n) is 4.59. The Kier molecular flexibility index (Phi) is 4.69. The molecule has 0 bridgehead atoms. The summed E-state index contributed by atoms with van der Waals surface area (Å²) in [7, 11) is 0. The van der Waals surface area contributed by atoms with Gasteiger partial charge in [-0.15, -0.1) is 0 Å². The third-order valence-corrected chi connectivity index (χ3v) is 4.59. The lowest BCUT2D eigenvalue weighted by Gasteiger charge is -2.17. The van der Waals surface area contributed by atoms with E-state index in [1.807, 2.05) is 6.07 Å². The highest BCUT2D eigenvalue weighted by Crippen LogP contribution is 2.39. The van der Waals surface area contributed by atoms with Crippen LogP contribution in [0.1, 0.15) is 29.9 Å². The molecule has 0 saturated heterocycles. The van der Waals surface area contributed by atoms with E-state index in [9.17, 15) is 5.11 Å². The molecule has 0 spiro atoms. The lowest BCUT2D eigenvalue weighted by atomic mass is 9.89. The average Bonchev–Trinajstić information content (AvgIpc) is 2.98. The van der Waals surface area contributed by atoms with Crippen molar-refractivity contribution in [3.8, 4) is 0 Å². The fraction of sp³-hybridized carbons (Fsp3) is 0.368. The smallest absolute Gasteiger partial charge is 0.0465 e. The molecule has 1 fully saturated rings. The van der Waals surface area contributed by atoms with Crippen molar-refractivity contribution in [3.05, 3.63) is 71.8 Å². The lowest BCUT2D eigenvalue weighted by molar-refractivity contribution is 0.215. The van der Waals surface area contributed by atoms with Crippen molar-refractivity contribution in [2.24, 2.45) is 5.92 Å². The molecule has 0 aromatic heterocycles. The minimum Gasteiger partial charge on any atom is -0.396 e. The van der Waals surface area contributed by atoms with Crippen molar-refractivity contribution in [1.82, 2.24) is 5.32 Å². The van der Waals surface area contributed by atoms with Gasteiger partial charge in [-0.1, -0.05) is 60.7 Å². The summed E-state index contributed by atoms with van der Waals surface area (Å²) in [4.78, 5) is 0. The Bertz CT molecular complexity index is 540. The van der Waals surface area contributed by atoms with Crippen molar-refractivity contribution in [3.63, 3.8) is 0 Å². The van der Waals surface area contributed by atoms with Gasteiger partial charge in [-0.25, -0.2) is 0 Å². The van der Waals surface area contributed by atoms with Crippen LogP contribution in [-0.4, -0.2) is 17.8 Å². The van der Waals surface area contributed by atoms with Gasteiger partial charge in [-0.2, -0.15) is 0 Å². The summed E-state index contributed by atoms with van der Waals surface area (Å²) in [5.74, 6) is 0.852. The van der Waals surface area contributed by atoms with E-state index in [1.165, 1.54) is 11.1 Å². The molecule has 0 heterocycles. The number of aliphatic hydroxyl groups is 1. The van der Waals surface area contributed by atoms with Gasteiger partial charge in [0.25, 0.3) is 0 Å². The Morgan fingerprint density at radius 3 is 2.24 bits per heavy atom. The maximum Gasteiger partial charge on any atom is 0.0465 e. The zero-order valence-corrected chi connectivity index (χ0v) is 12.3. The number of aliphatic hydroxyl groups excluding tert-OH is 1. The Balaban J connectivity index is 1.62. The Hall–Kier alpha value is -1.64. The predicted octanol–water partition coefficient (Wildman–Crippen LogP) is 3.33. The molecule has 1 saturated carbocycles. The maximum atomic E-state index is 9.67. The van der Waals surface area contributed by atoms with Gasteiger partial charge >= 0.3 is 0 Å². The van der Waals surface area contributed by atoms with Crippen LogP contribution in [-0.2, 0) is 6.54 Å². The highest BCUT2D eigenvalue weighted by molar-refractivity contribution is 5.22. The van der Waals surface area contributed by atoms with E-state index in [2.05, 4.69) is 59.9 Å². The largest absolute Gasteiger partial charge is 0.396 e. The van der Waals surface area contributed by atoms with Crippen LogP contribution < -0.4 is 5.32 Å². The SMILES string of the molecule is OC[C@H]1C[C@H](NCc2ccccc2)C[C@@H]1c1ccccc1. The monoisotopic (exact) mass is 281 g/mol. The third kappa shape index (κ3) is 3.52. The Labute approximate surface area is 126 Å². The summed E-state index contributed by atoms with van der Waals surface area (Å²) >= 11 is 0. The Morgan fingerprint density at radius 2 is 1.57 bits per heavy atom. The van der Waals surface area contributed by atoms with E-state index in [-0.39, 0.29) is 6.61 Å². The van der Waals surface area contributed by atoms with E-state index in [0.717, 1.165) is 19.4 Å². The molecular weight excluding hydrogens is 258 g/mol. The minimum absolute atomic E-state index is 0.281. The van der Waals surface area contributed by atoms with Gasteiger partial charge in [0.1, 0.15) is 0 Å². The molecule has 2 aromatic carbocycles. The number of rotatable bonds is 5. The van der Waals surface area contributed by atoms with E-state index < -0.39 is 0 Å². The molecule has 1 aliphatic carbocycles. The summed E-state index contributed by atoms with van der Waals surface area (Å²) in [6, 6.07) is 21.6. The molecule has 110 valence electrons. The quantitative estimate of drug-likeness (QED) is 0.881. The number of nitrogens with one attached hydrogen (secondary N) is 1. The fourth-order valence-electron chi connectivity index (χ4n) is 3.46. The van der Waals surface area contributed by atoms with Crippen molar-refractivity contribution >= 4 is 0 Å². The second-order valence-corrected chi connectivity index (χ2v) is 5.99. The summed E-state index contributed by atoms with van der Waals surface area (Å²) in [5, 5.41) is 13.3. The predicted molar refractivity (Wildman–Crippen MR) is 86.1 cm³/mol. The standard InChI is InChI=1S/C19H23NO/c21-14-17-11-18(20-13-15-7-3-1-4-8-15)12-19(17)16-9-5-2-6-10-16/h1-10,17-21H,11-14H2/t17-,18+,19-/m1/s1. The second kappa shape index (κ2) is 6.88. The molecule has 0 radical (unpaired) electrons. The molecule has 2 N–H and O–H groups in total. The highest BCUT2D eigenvalue weighted by Gasteiger charge is 2.34. The van der Waals surface area contributed by atoms with E-state index >= 15 is 0 Å². The van der Waals surface area contributed by atoms with Gasteiger partial charge in [0.2, 0.25) is 0 Å². The van der Waals surface area contributed by atoms with Gasteiger partial charge in [0.05, 0.1) is 0 Å². The molecule has 0 amide bonds. The van der Waals surface area contributed by atoms with Gasteiger partial charge in [-0.05, 0) is 35.8 Å². The molecule has 2 nitrogen and oxygen atoms in total. The molecule has 3 rings (SSSR count). The number of hydrogen-bond donors (Lipinski definition) is 2. The molecule has 2 heteroatoms. The first-order valence-corrected chi connectivity index (χ1v) is 7.80. The number of benzene rings is 2. The molecule has 0 aliphatic heterocycles. The zero-order valence-electron chi connectivity index (χ0n) is 12.3. The molecule has 2 aromatic rings. The molecule has 1 aliphatic rings. The summed E-state index contributed by atoms with van der Waals surface area (Å²) in [5.41, 5.74) is 2.68. The zero-order chi connectivity index (χ0) is 14.5. The van der Waals surface area contributed by atoms with Crippen molar-refractivity contribution in [1.29, 1.82) is 0 Å². The summed E-state index contributed by atoms with van der Waals surface area (Å²) < 4.78 is 0. The first-order chi connectivity index (χ1) is 10.4. The molecule has 21 heavy (non-hydrogen) atoms. The van der Waals surface area contributed by atoms with Crippen molar-refractivity contribution < 1.29 is 5.11 Å². The van der Waals surface area contributed by atoms with Crippen LogP contribution >= 0.6 is 0 Å². The fourth-order valence-corrected chi connectivity index (χ4v) is 3.46. The van der Waals surface area contributed by atoms with E-state index in [0.29, 0.717) is 17.9 Å². The molecule has 0 unspecified atom stereocenters.